The van der Waals surface area contributed by atoms with Crippen molar-refractivity contribution in [1.29, 1.82) is 0 Å². The normalized spacial score (nSPS) is 17.7. The maximum absolute atomic E-state index is 12.0. The third-order valence-corrected chi connectivity index (χ3v) is 3.20. The fourth-order valence-electron chi connectivity index (χ4n) is 2.20. The summed E-state index contributed by atoms with van der Waals surface area (Å²) in [4.78, 5) is 12.0. The summed E-state index contributed by atoms with van der Waals surface area (Å²) in [6, 6.07) is 11.5. The van der Waals surface area contributed by atoms with Crippen LogP contribution in [0.5, 0.6) is 17.2 Å². The van der Waals surface area contributed by atoms with Gasteiger partial charge in [-0.15, -0.1) is 0 Å². The molecular formula is C15H12O4. The van der Waals surface area contributed by atoms with Gasteiger partial charge >= 0.3 is 0 Å². The number of carbonyl (C=O) groups is 1. The minimum Gasteiger partial charge on any atom is -0.504 e. The lowest BCUT2D eigenvalue weighted by molar-refractivity contribution is 0.0849. The molecule has 0 bridgehead atoms. The monoisotopic (exact) mass is 256 g/mol. The molecule has 3 rings (SSSR count). The number of fused-ring (bicyclic) bond motifs is 1. The molecule has 0 saturated carbocycles. The molecule has 19 heavy (non-hydrogen) atoms. The zero-order chi connectivity index (χ0) is 13.4. The van der Waals surface area contributed by atoms with Crippen LogP contribution < -0.4 is 4.74 Å². The van der Waals surface area contributed by atoms with E-state index in [2.05, 4.69) is 0 Å². The number of rotatable bonds is 1. The van der Waals surface area contributed by atoms with Crippen LogP contribution in [0.4, 0.5) is 0 Å². The Bertz CT molecular complexity index is 648. The van der Waals surface area contributed by atoms with E-state index >= 15 is 0 Å². The molecule has 0 spiro atoms. The van der Waals surface area contributed by atoms with Crippen molar-refractivity contribution >= 4 is 5.78 Å². The van der Waals surface area contributed by atoms with Crippen LogP contribution in [-0.4, -0.2) is 16.0 Å². The summed E-state index contributed by atoms with van der Waals surface area (Å²) in [7, 11) is 0. The maximum Gasteiger partial charge on any atom is 0.170 e. The van der Waals surface area contributed by atoms with Gasteiger partial charge < -0.3 is 14.9 Å². The average Bonchev–Trinajstić information content (AvgIpc) is 2.42. The lowest BCUT2D eigenvalue weighted by atomic mass is 9.96. The third kappa shape index (κ3) is 2.01. The number of ether oxygens (including phenoxy) is 1. The molecule has 0 saturated heterocycles. The SMILES string of the molecule is O=C1C[C@@H](c2ccc(O)c(O)c2)Oc2ccccc21. The van der Waals surface area contributed by atoms with Crippen LogP contribution in [0, 0.1) is 0 Å². The van der Waals surface area contributed by atoms with Gasteiger partial charge in [-0.25, -0.2) is 0 Å². The summed E-state index contributed by atoms with van der Waals surface area (Å²) in [6.45, 7) is 0. The van der Waals surface area contributed by atoms with E-state index < -0.39 is 6.10 Å². The number of para-hydroxylation sites is 1. The number of Topliss-reactive ketones (excluding diaryl/α,β-unsaturated/α-hetero) is 1. The van der Waals surface area contributed by atoms with E-state index in [0.29, 0.717) is 16.9 Å². The standard InChI is InChI=1S/C15H12O4/c16-11-6-5-9(7-13(11)18)15-8-12(17)10-3-1-2-4-14(10)19-15/h1-7,15-16,18H,8H2/t15-/m0/s1. The number of hydrogen-bond donors (Lipinski definition) is 2. The first kappa shape index (κ1) is 11.6. The van der Waals surface area contributed by atoms with Gasteiger partial charge in [0.2, 0.25) is 0 Å². The highest BCUT2D eigenvalue weighted by molar-refractivity contribution is 5.99. The van der Waals surface area contributed by atoms with Crippen molar-refractivity contribution in [2.75, 3.05) is 0 Å². The Morgan fingerprint density at radius 3 is 2.63 bits per heavy atom. The predicted molar refractivity (Wildman–Crippen MR) is 68.5 cm³/mol. The lowest BCUT2D eigenvalue weighted by Crippen LogP contribution is -2.20. The predicted octanol–water partition coefficient (Wildman–Crippen LogP) is 2.80. The first-order chi connectivity index (χ1) is 9.15. The fraction of sp³-hybridized carbons (Fsp3) is 0.133. The molecule has 1 aliphatic rings. The smallest absolute Gasteiger partial charge is 0.170 e. The molecule has 1 aliphatic heterocycles. The minimum absolute atomic E-state index is 0.0133. The summed E-state index contributed by atoms with van der Waals surface area (Å²) in [5.74, 6) is 0.162. The van der Waals surface area contributed by atoms with Gasteiger partial charge in [-0.05, 0) is 29.8 Å². The molecule has 4 nitrogen and oxygen atoms in total. The first-order valence-electron chi connectivity index (χ1n) is 5.96. The van der Waals surface area contributed by atoms with E-state index in [1.165, 1.54) is 12.1 Å². The highest BCUT2D eigenvalue weighted by Crippen LogP contribution is 2.37. The van der Waals surface area contributed by atoms with Gasteiger partial charge in [-0.3, -0.25) is 4.79 Å². The van der Waals surface area contributed by atoms with Crippen LogP contribution >= 0.6 is 0 Å². The number of phenols is 2. The number of benzene rings is 2. The Morgan fingerprint density at radius 2 is 1.84 bits per heavy atom. The van der Waals surface area contributed by atoms with Crippen LogP contribution in [0.3, 0.4) is 0 Å². The van der Waals surface area contributed by atoms with Gasteiger partial charge in [-0.2, -0.15) is 0 Å². The zero-order valence-corrected chi connectivity index (χ0v) is 10.0. The second-order valence-corrected chi connectivity index (χ2v) is 4.48. The summed E-state index contributed by atoms with van der Waals surface area (Å²) < 4.78 is 5.77. The first-order valence-corrected chi connectivity index (χ1v) is 5.96. The second kappa shape index (κ2) is 4.31. The van der Waals surface area contributed by atoms with Gasteiger partial charge in [0, 0.05) is 0 Å². The number of aromatic hydroxyl groups is 2. The van der Waals surface area contributed by atoms with Gasteiger partial charge in [0.25, 0.3) is 0 Å². The van der Waals surface area contributed by atoms with Gasteiger partial charge in [0.1, 0.15) is 11.9 Å². The molecular weight excluding hydrogens is 244 g/mol. The summed E-state index contributed by atoms with van der Waals surface area (Å²) in [6.07, 6.45) is -0.213. The highest BCUT2D eigenvalue weighted by atomic mass is 16.5. The average molecular weight is 256 g/mol. The molecule has 2 aromatic carbocycles. The van der Waals surface area contributed by atoms with Crippen molar-refractivity contribution < 1.29 is 19.7 Å². The van der Waals surface area contributed by atoms with Crippen LogP contribution in [-0.2, 0) is 0 Å². The number of phenolic OH excluding ortho intramolecular Hbond substituents is 2. The molecule has 2 N–H and O–H groups in total. The quantitative estimate of drug-likeness (QED) is 0.770. The van der Waals surface area contributed by atoms with Crippen molar-refractivity contribution in [3.8, 4) is 17.2 Å². The molecule has 0 unspecified atom stereocenters. The zero-order valence-electron chi connectivity index (χ0n) is 10.0. The van der Waals surface area contributed by atoms with Crippen molar-refractivity contribution in [3.63, 3.8) is 0 Å². The fourth-order valence-corrected chi connectivity index (χ4v) is 2.20. The Labute approximate surface area is 109 Å². The van der Waals surface area contributed by atoms with E-state index in [-0.39, 0.29) is 23.7 Å². The Kier molecular flexibility index (Phi) is 2.63. The molecule has 0 fully saturated rings. The van der Waals surface area contributed by atoms with Crippen molar-refractivity contribution in [2.24, 2.45) is 0 Å². The number of carbonyl (C=O) groups excluding carboxylic acids is 1. The van der Waals surface area contributed by atoms with Crippen LogP contribution in [0.2, 0.25) is 0 Å². The van der Waals surface area contributed by atoms with Crippen molar-refractivity contribution in [3.05, 3.63) is 53.6 Å². The lowest BCUT2D eigenvalue weighted by Gasteiger charge is -2.25. The Hall–Kier alpha value is -2.49. The molecule has 1 heterocycles. The van der Waals surface area contributed by atoms with Gasteiger partial charge in [0.05, 0.1) is 12.0 Å². The summed E-state index contributed by atoms with van der Waals surface area (Å²) >= 11 is 0. The second-order valence-electron chi connectivity index (χ2n) is 4.48. The van der Waals surface area contributed by atoms with Crippen LogP contribution in [0.1, 0.15) is 28.4 Å². The van der Waals surface area contributed by atoms with E-state index in [1.807, 2.05) is 6.07 Å². The van der Waals surface area contributed by atoms with Gasteiger partial charge in [-0.1, -0.05) is 18.2 Å². The number of ketones is 1. The van der Waals surface area contributed by atoms with E-state index in [4.69, 9.17) is 4.74 Å². The van der Waals surface area contributed by atoms with Crippen molar-refractivity contribution in [1.82, 2.24) is 0 Å². The molecule has 1 atom stereocenters. The topological polar surface area (TPSA) is 66.8 Å². The maximum atomic E-state index is 12.0. The molecule has 0 amide bonds. The highest BCUT2D eigenvalue weighted by Gasteiger charge is 2.27. The number of hydrogen-bond acceptors (Lipinski definition) is 4. The molecule has 0 radical (unpaired) electrons. The Balaban J connectivity index is 1.96. The third-order valence-electron chi connectivity index (χ3n) is 3.20. The molecule has 96 valence electrons. The Morgan fingerprint density at radius 1 is 1.05 bits per heavy atom. The molecule has 0 aliphatic carbocycles. The summed E-state index contributed by atoms with van der Waals surface area (Å²) in [5, 5.41) is 18.8. The molecule has 2 aromatic rings. The van der Waals surface area contributed by atoms with E-state index in [1.54, 1.807) is 24.3 Å². The van der Waals surface area contributed by atoms with E-state index in [9.17, 15) is 15.0 Å². The van der Waals surface area contributed by atoms with Crippen LogP contribution in [0.15, 0.2) is 42.5 Å². The van der Waals surface area contributed by atoms with Gasteiger partial charge in [0.15, 0.2) is 17.3 Å². The van der Waals surface area contributed by atoms with Crippen LogP contribution in [0.25, 0.3) is 0 Å². The largest absolute Gasteiger partial charge is 0.504 e. The molecule has 0 aromatic heterocycles. The molecule has 4 heteroatoms. The minimum atomic E-state index is -0.436. The van der Waals surface area contributed by atoms with Crippen molar-refractivity contribution in [2.45, 2.75) is 12.5 Å². The summed E-state index contributed by atoms with van der Waals surface area (Å²) in [5.41, 5.74) is 1.25. The van der Waals surface area contributed by atoms with E-state index in [0.717, 1.165) is 0 Å².